The maximum Gasteiger partial charge on any atom is 0.267 e. The van der Waals surface area contributed by atoms with Crippen LogP contribution in [0.5, 0.6) is 0 Å². The SMILES string of the molecule is CC(C)C(CNc1ccnc(C(N)=O)c1)C(C)C. The number of hydrogen-bond acceptors (Lipinski definition) is 3. The van der Waals surface area contributed by atoms with E-state index in [0.29, 0.717) is 23.4 Å². The van der Waals surface area contributed by atoms with Crippen molar-refractivity contribution >= 4 is 11.6 Å². The van der Waals surface area contributed by atoms with Gasteiger partial charge < -0.3 is 11.1 Å². The van der Waals surface area contributed by atoms with Crippen molar-refractivity contribution in [1.82, 2.24) is 4.98 Å². The molecule has 1 amide bonds. The molecule has 0 aromatic carbocycles. The standard InChI is InChI=1S/C14H23N3O/c1-9(2)12(10(3)4)8-17-11-5-6-16-13(7-11)14(15)18/h5-7,9-10,12H,8H2,1-4H3,(H2,15,18)(H,16,17). The number of hydrogen-bond donors (Lipinski definition) is 2. The van der Waals surface area contributed by atoms with Crippen molar-refractivity contribution in [2.45, 2.75) is 27.7 Å². The van der Waals surface area contributed by atoms with Gasteiger partial charge in [-0.2, -0.15) is 0 Å². The van der Waals surface area contributed by atoms with Crippen molar-refractivity contribution in [1.29, 1.82) is 0 Å². The number of aromatic nitrogens is 1. The number of carbonyl (C=O) groups is 1. The molecule has 0 saturated carbocycles. The Labute approximate surface area is 109 Å². The van der Waals surface area contributed by atoms with Gasteiger partial charge in [0.15, 0.2) is 0 Å². The van der Waals surface area contributed by atoms with Crippen LogP contribution in [0.3, 0.4) is 0 Å². The first kappa shape index (κ1) is 14.5. The van der Waals surface area contributed by atoms with Crippen LogP contribution >= 0.6 is 0 Å². The molecule has 1 aromatic rings. The third-order valence-electron chi connectivity index (χ3n) is 3.27. The second-order valence-electron chi connectivity index (χ2n) is 5.33. The van der Waals surface area contributed by atoms with E-state index in [4.69, 9.17) is 5.73 Å². The van der Waals surface area contributed by atoms with Crippen molar-refractivity contribution in [2.24, 2.45) is 23.5 Å². The van der Waals surface area contributed by atoms with Crippen LogP contribution in [0.25, 0.3) is 0 Å². The van der Waals surface area contributed by atoms with E-state index in [2.05, 4.69) is 38.0 Å². The van der Waals surface area contributed by atoms with Gasteiger partial charge in [0, 0.05) is 18.4 Å². The Hall–Kier alpha value is -1.58. The third-order valence-corrected chi connectivity index (χ3v) is 3.27. The van der Waals surface area contributed by atoms with E-state index in [9.17, 15) is 4.79 Å². The van der Waals surface area contributed by atoms with E-state index in [1.165, 1.54) is 0 Å². The van der Waals surface area contributed by atoms with Crippen LogP contribution in [0.4, 0.5) is 5.69 Å². The molecular formula is C14H23N3O. The van der Waals surface area contributed by atoms with Crippen molar-refractivity contribution in [3.05, 3.63) is 24.0 Å². The number of nitrogens with one attached hydrogen (secondary N) is 1. The van der Waals surface area contributed by atoms with Crippen molar-refractivity contribution in [3.8, 4) is 0 Å². The Morgan fingerprint density at radius 3 is 2.44 bits per heavy atom. The molecule has 4 nitrogen and oxygen atoms in total. The summed E-state index contributed by atoms with van der Waals surface area (Å²) in [5.74, 6) is 1.34. The molecule has 1 aromatic heterocycles. The Morgan fingerprint density at radius 2 is 1.94 bits per heavy atom. The van der Waals surface area contributed by atoms with E-state index in [1.54, 1.807) is 12.3 Å². The molecule has 3 N–H and O–H groups in total. The van der Waals surface area contributed by atoms with Gasteiger partial charge in [-0.3, -0.25) is 9.78 Å². The molecule has 0 bridgehead atoms. The molecule has 0 aliphatic heterocycles. The van der Waals surface area contributed by atoms with Gasteiger partial charge >= 0.3 is 0 Å². The molecule has 0 spiro atoms. The Balaban J connectivity index is 2.67. The van der Waals surface area contributed by atoms with Crippen LogP contribution in [0.15, 0.2) is 18.3 Å². The lowest BCUT2D eigenvalue weighted by atomic mass is 9.85. The highest BCUT2D eigenvalue weighted by atomic mass is 16.1. The fourth-order valence-electron chi connectivity index (χ4n) is 2.15. The summed E-state index contributed by atoms with van der Waals surface area (Å²) in [6.45, 7) is 9.81. The molecule has 0 fully saturated rings. The number of rotatable bonds is 6. The number of anilines is 1. The van der Waals surface area contributed by atoms with E-state index < -0.39 is 5.91 Å². The predicted molar refractivity (Wildman–Crippen MR) is 74.4 cm³/mol. The first-order chi connectivity index (χ1) is 8.41. The number of nitrogens with two attached hydrogens (primary N) is 1. The summed E-state index contributed by atoms with van der Waals surface area (Å²) >= 11 is 0. The van der Waals surface area contributed by atoms with Crippen LogP contribution < -0.4 is 11.1 Å². The molecule has 4 heteroatoms. The Morgan fingerprint density at radius 1 is 1.33 bits per heavy atom. The van der Waals surface area contributed by atoms with Gasteiger partial charge in [-0.15, -0.1) is 0 Å². The maximum absolute atomic E-state index is 11.0. The van der Waals surface area contributed by atoms with Gasteiger partial charge in [0.25, 0.3) is 5.91 Å². The zero-order valence-electron chi connectivity index (χ0n) is 11.6. The van der Waals surface area contributed by atoms with Crippen LogP contribution in [0.2, 0.25) is 0 Å². The first-order valence-electron chi connectivity index (χ1n) is 6.41. The molecule has 0 saturated heterocycles. The molecule has 0 aliphatic carbocycles. The molecule has 1 rings (SSSR count). The lowest BCUT2D eigenvalue weighted by Crippen LogP contribution is -2.24. The van der Waals surface area contributed by atoms with E-state index in [1.807, 2.05) is 6.07 Å². The Kier molecular flexibility index (Phi) is 5.13. The number of amides is 1. The molecule has 0 atom stereocenters. The normalized spacial score (nSPS) is 11.3. The minimum Gasteiger partial charge on any atom is -0.385 e. The summed E-state index contributed by atoms with van der Waals surface area (Å²) in [5, 5.41) is 3.35. The summed E-state index contributed by atoms with van der Waals surface area (Å²) in [7, 11) is 0. The zero-order valence-corrected chi connectivity index (χ0v) is 11.6. The second kappa shape index (κ2) is 6.38. The van der Waals surface area contributed by atoms with E-state index >= 15 is 0 Å². The predicted octanol–water partition coefficient (Wildman–Crippen LogP) is 2.52. The minimum atomic E-state index is -0.497. The number of primary amides is 1. The summed E-state index contributed by atoms with van der Waals surface area (Å²) in [4.78, 5) is 15.0. The highest BCUT2D eigenvalue weighted by Crippen LogP contribution is 2.21. The van der Waals surface area contributed by atoms with Gasteiger partial charge in [-0.25, -0.2) is 0 Å². The largest absolute Gasteiger partial charge is 0.385 e. The molecule has 0 radical (unpaired) electrons. The summed E-state index contributed by atoms with van der Waals surface area (Å²) in [6, 6.07) is 3.55. The summed E-state index contributed by atoms with van der Waals surface area (Å²) in [5.41, 5.74) is 6.40. The van der Waals surface area contributed by atoms with Gasteiger partial charge in [0.2, 0.25) is 0 Å². The average Bonchev–Trinajstić information content (AvgIpc) is 2.28. The topological polar surface area (TPSA) is 68.0 Å². The number of nitrogens with zero attached hydrogens (tertiary/aromatic N) is 1. The van der Waals surface area contributed by atoms with Crippen LogP contribution in [-0.4, -0.2) is 17.4 Å². The molecular weight excluding hydrogens is 226 g/mol. The zero-order chi connectivity index (χ0) is 13.7. The lowest BCUT2D eigenvalue weighted by Gasteiger charge is -2.25. The molecule has 0 aliphatic rings. The monoisotopic (exact) mass is 249 g/mol. The summed E-state index contributed by atoms with van der Waals surface area (Å²) in [6.07, 6.45) is 1.60. The molecule has 1 heterocycles. The van der Waals surface area contributed by atoms with Crippen molar-refractivity contribution in [3.63, 3.8) is 0 Å². The highest BCUT2D eigenvalue weighted by Gasteiger charge is 2.17. The molecule has 100 valence electrons. The van der Waals surface area contributed by atoms with Crippen LogP contribution in [0, 0.1) is 17.8 Å². The van der Waals surface area contributed by atoms with Crippen molar-refractivity contribution in [2.75, 3.05) is 11.9 Å². The highest BCUT2D eigenvalue weighted by molar-refractivity contribution is 5.91. The smallest absolute Gasteiger partial charge is 0.267 e. The van der Waals surface area contributed by atoms with Crippen molar-refractivity contribution < 1.29 is 4.79 Å². The lowest BCUT2D eigenvalue weighted by molar-refractivity contribution is 0.0995. The molecule has 18 heavy (non-hydrogen) atoms. The quantitative estimate of drug-likeness (QED) is 0.814. The van der Waals surface area contributed by atoms with Gasteiger partial charge in [-0.05, 0) is 29.9 Å². The summed E-state index contributed by atoms with van der Waals surface area (Å²) < 4.78 is 0. The van der Waals surface area contributed by atoms with Gasteiger partial charge in [-0.1, -0.05) is 27.7 Å². The third kappa shape index (κ3) is 4.02. The maximum atomic E-state index is 11.0. The average molecular weight is 249 g/mol. The molecule has 0 unspecified atom stereocenters. The van der Waals surface area contributed by atoms with Crippen LogP contribution in [-0.2, 0) is 0 Å². The minimum absolute atomic E-state index is 0.297. The van der Waals surface area contributed by atoms with Gasteiger partial charge in [0.05, 0.1) is 0 Å². The second-order valence-corrected chi connectivity index (χ2v) is 5.33. The Bertz CT molecular complexity index is 394. The van der Waals surface area contributed by atoms with Gasteiger partial charge in [0.1, 0.15) is 5.69 Å². The van der Waals surface area contributed by atoms with E-state index in [0.717, 1.165) is 12.2 Å². The van der Waals surface area contributed by atoms with E-state index in [-0.39, 0.29) is 0 Å². The van der Waals surface area contributed by atoms with Crippen LogP contribution in [0.1, 0.15) is 38.2 Å². The number of pyridine rings is 1. The fourth-order valence-corrected chi connectivity index (χ4v) is 2.15. The first-order valence-corrected chi connectivity index (χ1v) is 6.41. The number of carbonyl (C=O) groups excluding carboxylic acids is 1. The fraction of sp³-hybridized carbons (Fsp3) is 0.571.